The largest absolute Gasteiger partial charge is 0.481 e. The highest BCUT2D eigenvalue weighted by molar-refractivity contribution is 5.69. The molecule has 1 aliphatic carbocycles. The van der Waals surface area contributed by atoms with Crippen molar-refractivity contribution in [2.75, 3.05) is 0 Å². The van der Waals surface area contributed by atoms with Crippen molar-refractivity contribution in [2.45, 2.75) is 37.8 Å². The fourth-order valence-electron chi connectivity index (χ4n) is 1.94. The van der Waals surface area contributed by atoms with Crippen LogP contribution in [0.2, 0.25) is 0 Å². The van der Waals surface area contributed by atoms with E-state index in [1.54, 1.807) is 10.9 Å². The van der Waals surface area contributed by atoms with E-state index < -0.39 is 5.97 Å². The minimum Gasteiger partial charge on any atom is -0.481 e. The van der Waals surface area contributed by atoms with Crippen molar-refractivity contribution >= 4 is 5.97 Å². The summed E-state index contributed by atoms with van der Waals surface area (Å²) in [6, 6.07) is -0.0416. The smallest absolute Gasteiger partial charge is 0.309 e. The standard InChI is InChI=1S/C9H13N3O3/c13-8-3-1-2-7(8)12-5-6(10-11-12)4-9(14)15/h5,7-8,13H,1-4H2,(H,14,15). The summed E-state index contributed by atoms with van der Waals surface area (Å²) < 4.78 is 1.58. The molecule has 82 valence electrons. The van der Waals surface area contributed by atoms with E-state index in [1.807, 2.05) is 0 Å². The van der Waals surface area contributed by atoms with Crippen molar-refractivity contribution in [3.63, 3.8) is 0 Å². The van der Waals surface area contributed by atoms with E-state index in [4.69, 9.17) is 5.11 Å². The van der Waals surface area contributed by atoms with Gasteiger partial charge in [-0.3, -0.25) is 4.79 Å². The summed E-state index contributed by atoms with van der Waals surface area (Å²) in [5.74, 6) is -0.922. The maximum absolute atomic E-state index is 10.4. The zero-order valence-corrected chi connectivity index (χ0v) is 8.20. The first kappa shape index (κ1) is 10.1. The second-order valence-electron chi connectivity index (χ2n) is 3.83. The van der Waals surface area contributed by atoms with E-state index in [-0.39, 0.29) is 18.6 Å². The van der Waals surface area contributed by atoms with Crippen LogP contribution in [-0.4, -0.2) is 37.3 Å². The van der Waals surface area contributed by atoms with E-state index in [2.05, 4.69) is 10.3 Å². The van der Waals surface area contributed by atoms with E-state index in [0.29, 0.717) is 5.69 Å². The van der Waals surface area contributed by atoms with Gasteiger partial charge in [0.05, 0.1) is 24.3 Å². The number of aliphatic hydroxyl groups is 1. The van der Waals surface area contributed by atoms with Crippen LogP contribution in [0.3, 0.4) is 0 Å². The molecule has 1 heterocycles. The first-order chi connectivity index (χ1) is 7.16. The van der Waals surface area contributed by atoms with Crippen LogP contribution >= 0.6 is 0 Å². The van der Waals surface area contributed by atoms with Crippen LogP contribution in [0.1, 0.15) is 31.0 Å². The van der Waals surface area contributed by atoms with Crippen LogP contribution in [0.4, 0.5) is 0 Å². The van der Waals surface area contributed by atoms with Gasteiger partial charge in [-0.15, -0.1) is 5.10 Å². The van der Waals surface area contributed by atoms with Crippen molar-refractivity contribution < 1.29 is 15.0 Å². The molecule has 0 amide bonds. The van der Waals surface area contributed by atoms with E-state index in [1.165, 1.54) is 0 Å². The number of aliphatic hydroxyl groups excluding tert-OH is 1. The molecule has 6 heteroatoms. The molecule has 2 N–H and O–H groups in total. The molecule has 2 atom stereocenters. The Morgan fingerprint density at radius 2 is 2.40 bits per heavy atom. The molecular weight excluding hydrogens is 198 g/mol. The van der Waals surface area contributed by atoms with Crippen molar-refractivity contribution in [3.8, 4) is 0 Å². The number of rotatable bonds is 3. The molecule has 0 aromatic carbocycles. The van der Waals surface area contributed by atoms with E-state index >= 15 is 0 Å². The van der Waals surface area contributed by atoms with Gasteiger partial charge in [-0.2, -0.15) is 0 Å². The molecule has 2 unspecified atom stereocenters. The Morgan fingerprint density at radius 3 is 3.00 bits per heavy atom. The SMILES string of the molecule is O=C(O)Cc1cn(C2CCCC2O)nn1. The summed E-state index contributed by atoms with van der Waals surface area (Å²) in [5.41, 5.74) is 0.432. The Kier molecular flexibility index (Phi) is 2.68. The van der Waals surface area contributed by atoms with E-state index in [0.717, 1.165) is 19.3 Å². The fourth-order valence-corrected chi connectivity index (χ4v) is 1.94. The number of hydrogen-bond acceptors (Lipinski definition) is 4. The number of aliphatic carboxylic acids is 1. The van der Waals surface area contributed by atoms with Crippen molar-refractivity contribution in [1.82, 2.24) is 15.0 Å². The van der Waals surface area contributed by atoms with Crippen LogP contribution in [0.5, 0.6) is 0 Å². The highest BCUT2D eigenvalue weighted by Gasteiger charge is 2.27. The number of nitrogens with zero attached hydrogens (tertiary/aromatic N) is 3. The zero-order valence-electron chi connectivity index (χ0n) is 8.20. The maximum atomic E-state index is 10.4. The Hall–Kier alpha value is -1.43. The molecule has 1 aliphatic rings. The molecular formula is C9H13N3O3. The third-order valence-corrected chi connectivity index (χ3v) is 2.67. The number of hydrogen-bond donors (Lipinski definition) is 2. The molecule has 0 saturated heterocycles. The highest BCUT2D eigenvalue weighted by atomic mass is 16.4. The van der Waals surface area contributed by atoms with Gasteiger partial charge in [-0.05, 0) is 19.3 Å². The normalized spacial score (nSPS) is 25.7. The van der Waals surface area contributed by atoms with Crippen LogP contribution in [0.25, 0.3) is 0 Å². The molecule has 0 spiro atoms. The lowest BCUT2D eigenvalue weighted by Gasteiger charge is -2.13. The maximum Gasteiger partial charge on any atom is 0.309 e. The van der Waals surface area contributed by atoms with Gasteiger partial charge in [0.1, 0.15) is 0 Å². The van der Waals surface area contributed by atoms with Gasteiger partial charge in [0.25, 0.3) is 0 Å². The monoisotopic (exact) mass is 211 g/mol. The summed E-state index contributed by atoms with van der Waals surface area (Å²) in [7, 11) is 0. The summed E-state index contributed by atoms with van der Waals surface area (Å²) in [6.45, 7) is 0. The van der Waals surface area contributed by atoms with Crippen LogP contribution in [-0.2, 0) is 11.2 Å². The molecule has 1 saturated carbocycles. The predicted octanol–water partition coefficient (Wildman–Crippen LogP) is -0.00890. The molecule has 1 aromatic rings. The van der Waals surface area contributed by atoms with Crippen molar-refractivity contribution in [1.29, 1.82) is 0 Å². The van der Waals surface area contributed by atoms with Crippen molar-refractivity contribution in [2.24, 2.45) is 0 Å². The van der Waals surface area contributed by atoms with Gasteiger partial charge in [0.15, 0.2) is 0 Å². The minimum absolute atomic E-state index is 0.0416. The highest BCUT2D eigenvalue weighted by Crippen LogP contribution is 2.29. The third-order valence-electron chi connectivity index (χ3n) is 2.67. The molecule has 6 nitrogen and oxygen atoms in total. The molecule has 1 fully saturated rings. The Labute approximate surface area is 86.5 Å². The Morgan fingerprint density at radius 1 is 1.60 bits per heavy atom. The van der Waals surface area contributed by atoms with Gasteiger partial charge in [0.2, 0.25) is 0 Å². The zero-order chi connectivity index (χ0) is 10.8. The second kappa shape index (κ2) is 3.98. The molecule has 0 aliphatic heterocycles. The Balaban J connectivity index is 2.09. The first-order valence-electron chi connectivity index (χ1n) is 4.97. The number of aromatic nitrogens is 3. The molecule has 0 bridgehead atoms. The summed E-state index contributed by atoms with van der Waals surface area (Å²) >= 11 is 0. The average Bonchev–Trinajstić information content (AvgIpc) is 2.72. The predicted molar refractivity (Wildman–Crippen MR) is 50.3 cm³/mol. The first-order valence-corrected chi connectivity index (χ1v) is 4.97. The van der Waals surface area contributed by atoms with Gasteiger partial charge in [0, 0.05) is 6.20 Å². The van der Waals surface area contributed by atoms with Gasteiger partial charge in [-0.1, -0.05) is 5.21 Å². The quantitative estimate of drug-likeness (QED) is 0.734. The molecule has 0 radical (unpaired) electrons. The van der Waals surface area contributed by atoms with Gasteiger partial charge in [-0.25, -0.2) is 4.68 Å². The van der Waals surface area contributed by atoms with Crippen LogP contribution < -0.4 is 0 Å². The average molecular weight is 211 g/mol. The number of carbonyl (C=O) groups is 1. The number of carboxylic acid groups (broad SMARTS) is 1. The minimum atomic E-state index is -0.922. The summed E-state index contributed by atoms with van der Waals surface area (Å²) in [5, 5.41) is 25.8. The second-order valence-corrected chi connectivity index (χ2v) is 3.83. The topological polar surface area (TPSA) is 88.2 Å². The lowest BCUT2D eigenvalue weighted by atomic mass is 10.2. The summed E-state index contributed by atoms with van der Waals surface area (Å²) in [4.78, 5) is 10.4. The van der Waals surface area contributed by atoms with Gasteiger partial charge < -0.3 is 10.2 Å². The van der Waals surface area contributed by atoms with Crippen LogP contribution in [0, 0.1) is 0 Å². The van der Waals surface area contributed by atoms with E-state index in [9.17, 15) is 9.90 Å². The molecule has 1 aromatic heterocycles. The third kappa shape index (κ3) is 2.15. The lowest BCUT2D eigenvalue weighted by molar-refractivity contribution is -0.136. The van der Waals surface area contributed by atoms with Crippen LogP contribution in [0.15, 0.2) is 6.20 Å². The van der Waals surface area contributed by atoms with Crippen molar-refractivity contribution in [3.05, 3.63) is 11.9 Å². The lowest BCUT2D eigenvalue weighted by Crippen LogP contribution is -2.18. The van der Waals surface area contributed by atoms with Gasteiger partial charge >= 0.3 is 5.97 Å². The number of carboxylic acids is 1. The molecule has 2 rings (SSSR count). The molecule has 15 heavy (non-hydrogen) atoms. The fraction of sp³-hybridized carbons (Fsp3) is 0.667. The summed E-state index contributed by atoms with van der Waals surface area (Å²) in [6.07, 6.45) is 3.72. The Bertz CT molecular complexity index is 363.